The number of aromatic nitrogens is 3. The van der Waals surface area contributed by atoms with Crippen molar-refractivity contribution in [2.75, 3.05) is 13.7 Å². The van der Waals surface area contributed by atoms with Crippen LogP contribution in [0.2, 0.25) is 0 Å². The quantitative estimate of drug-likeness (QED) is 0.489. The summed E-state index contributed by atoms with van der Waals surface area (Å²) in [5, 5.41) is 0.964. The number of pyridine rings is 1. The molecule has 2 aromatic carbocycles. The molecule has 0 bridgehead atoms. The third kappa shape index (κ3) is 3.72. The maximum Gasteiger partial charge on any atom is 0.254 e. The Kier molecular flexibility index (Phi) is 5.04. The predicted molar refractivity (Wildman–Crippen MR) is 119 cm³/mol. The van der Waals surface area contributed by atoms with E-state index in [1.54, 1.807) is 19.5 Å². The van der Waals surface area contributed by atoms with Crippen LogP contribution in [0.1, 0.15) is 34.9 Å². The molecule has 3 heterocycles. The SMILES string of the molecule is COc1cccc(-c2nccc([C@@H]3CCCN3C(=O)c3ccc4ncccc4c3)n2)c1. The first kappa shape index (κ1) is 19.2. The molecule has 0 aliphatic carbocycles. The molecule has 1 atom stereocenters. The van der Waals surface area contributed by atoms with Crippen molar-refractivity contribution >= 4 is 16.8 Å². The number of ether oxygens (including phenoxy) is 1. The van der Waals surface area contributed by atoms with E-state index in [0.717, 1.165) is 40.8 Å². The molecular formula is C25H22N4O2. The van der Waals surface area contributed by atoms with E-state index in [1.807, 2.05) is 65.6 Å². The first-order chi connectivity index (χ1) is 15.2. The van der Waals surface area contributed by atoms with E-state index in [-0.39, 0.29) is 11.9 Å². The molecule has 1 amide bonds. The van der Waals surface area contributed by atoms with Gasteiger partial charge in [-0.2, -0.15) is 0 Å². The molecule has 5 rings (SSSR count). The fourth-order valence-electron chi connectivity index (χ4n) is 4.15. The van der Waals surface area contributed by atoms with Crippen molar-refractivity contribution in [1.29, 1.82) is 0 Å². The highest BCUT2D eigenvalue weighted by Crippen LogP contribution is 2.33. The normalized spacial score (nSPS) is 15.9. The molecule has 0 saturated carbocycles. The molecule has 1 saturated heterocycles. The molecule has 0 N–H and O–H groups in total. The molecule has 154 valence electrons. The van der Waals surface area contributed by atoms with E-state index < -0.39 is 0 Å². The van der Waals surface area contributed by atoms with Crippen molar-refractivity contribution in [3.63, 3.8) is 0 Å². The first-order valence-corrected chi connectivity index (χ1v) is 10.4. The molecular weight excluding hydrogens is 388 g/mol. The number of methoxy groups -OCH3 is 1. The van der Waals surface area contributed by atoms with Crippen LogP contribution >= 0.6 is 0 Å². The molecule has 6 heteroatoms. The van der Waals surface area contributed by atoms with E-state index >= 15 is 0 Å². The monoisotopic (exact) mass is 410 g/mol. The van der Waals surface area contributed by atoms with Gasteiger partial charge in [-0.1, -0.05) is 18.2 Å². The standard InChI is InChI=1S/C25H22N4O2/c1-31-20-7-2-5-18(16-20)24-27-13-11-22(28-24)23-8-4-14-29(23)25(30)19-9-10-21-17(15-19)6-3-12-26-21/h2-3,5-7,9-13,15-16,23H,4,8,14H2,1H3/t23-/m0/s1. The molecule has 0 unspecified atom stereocenters. The largest absolute Gasteiger partial charge is 0.497 e. The molecule has 0 spiro atoms. The van der Waals surface area contributed by atoms with Crippen LogP contribution in [0.4, 0.5) is 0 Å². The topological polar surface area (TPSA) is 68.2 Å². The minimum absolute atomic E-state index is 0.0230. The summed E-state index contributed by atoms with van der Waals surface area (Å²) in [6.45, 7) is 0.715. The van der Waals surface area contributed by atoms with Gasteiger partial charge < -0.3 is 9.64 Å². The Hall–Kier alpha value is -3.80. The summed E-state index contributed by atoms with van der Waals surface area (Å²) < 4.78 is 5.32. The lowest BCUT2D eigenvalue weighted by molar-refractivity contribution is 0.0733. The Morgan fingerprint density at radius 2 is 1.97 bits per heavy atom. The van der Waals surface area contributed by atoms with Crippen molar-refractivity contribution in [2.45, 2.75) is 18.9 Å². The molecule has 1 fully saturated rings. The lowest BCUT2D eigenvalue weighted by Gasteiger charge is -2.24. The van der Waals surface area contributed by atoms with E-state index in [0.29, 0.717) is 17.9 Å². The van der Waals surface area contributed by atoms with Crippen molar-refractivity contribution in [1.82, 2.24) is 19.9 Å². The summed E-state index contributed by atoms with van der Waals surface area (Å²) >= 11 is 0. The number of carbonyl (C=O) groups excluding carboxylic acids is 1. The van der Waals surface area contributed by atoms with Crippen LogP contribution in [0.25, 0.3) is 22.3 Å². The van der Waals surface area contributed by atoms with Crippen LogP contribution in [0.5, 0.6) is 5.75 Å². The van der Waals surface area contributed by atoms with Crippen molar-refractivity contribution < 1.29 is 9.53 Å². The number of hydrogen-bond acceptors (Lipinski definition) is 5. The van der Waals surface area contributed by atoms with Crippen LogP contribution in [-0.2, 0) is 0 Å². The molecule has 2 aromatic heterocycles. The van der Waals surface area contributed by atoms with E-state index in [2.05, 4.69) is 9.97 Å². The molecule has 4 aromatic rings. The third-order valence-electron chi connectivity index (χ3n) is 5.71. The maximum absolute atomic E-state index is 13.4. The van der Waals surface area contributed by atoms with Gasteiger partial charge in [0.1, 0.15) is 5.75 Å². The van der Waals surface area contributed by atoms with Gasteiger partial charge in [0.25, 0.3) is 5.91 Å². The smallest absolute Gasteiger partial charge is 0.254 e. The lowest BCUT2D eigenvalue weighted by atomic mass is 10.1. The summed E-state index contributed by atoms with van der Waals surface area (Å²) in [6.07, 6.45) is 5.36. The highest BCUT2D eigenvalue weighted by atomic mass is 16.5. The molecule has 1 aliphatic heterocycles. The molecule has 1 aliphatic rings. The fourth-order valence-corrected chi connectivity index (χ4v) is 4.15. The van der Waals surface area contributed by atoms with Crippen LogP contribution in [0, 0.1) is 0 Å². The van der Waals surface area contributed by atoms with E-state index in [4.69, 9.17) is 9.72 Å². The summed E-state index contributed by atoms with van der Waals surface area (Å²) in [4.78, 5) is 28.9. The summed E-state index contributed by atoms with van der Waals surface area (Å²) in [5.41, 5.74) is 3.31. The Morgan fingerprint density at radius 1 is 1.03 bits per heavy atom. The zero-order valence-electron chi connectivity index (χ0n) is 17.2. The van der Waals surface area contributed by atoms with Crippen LogP contribution < -0.4 is 4.74 Å². The highest BCUT2D eigenvalue weighted by molar-refractivity contribution is 5.98. The van der Waals surface area contributed by atoms with Gasteiger partial charge in [-0.25, -0.2) is 9.97 Å². The number of rotatable bonds is 4. The number of benzene rings is 2. The van der Waals surface area contributed by atoms with Crippen molar-refractivity contribution in [3.05, 3.63) is 84.3 Å². The Morgan fingerprint density at radius 3 is 2.87 bits per heavy atom. The average molecular weight is 410 g/mol. The first-order valence-electron chi connectivity index (χ1n) is 10.4. The highest BCUT2D eigenvalue weighted by Gasteiger charge is 2.32. The Labute approximate surface area is 180 Å². The Bertz CT molecular complexity index is 1260. The molecule has 0 radical (unpaired) electrons. The van der Waals surface area contributed by atoms with Gasteiger partial charge in [0.15, 0.2) is 5.82 Å². The van der Waals surface area contributed by atoms with Crippen LogP contribution in [0.3, 0.4) is 0 Å². The number of nitrogens with zero attached hydrogens (tertiary/aromatic N) is 4. The van der Waals surface area contributed by atoms with Gasteiger partial charge in [-0.15, -0.1) is 0 Å². The second kappa shape index (κ2) is 8.14. The minimum atomic E-state index is -0.0653. The number of carbonyl (C=O) groups is 1. The zero-order valence-corrected chi connectivity index (χ0v) is 17.2. The van der Waals surface area contributed by atoms with Crippen LogP contribution in [0.15, 0.2) is 73.1 Å². The molecule has 31 heavy (non-hydrogen) atoms. The molecule has 6 nitrogen and oxygen atoms in total. The Balaban J connectivity index is 1.45. The summed E-state index contributed by atoms with van der Waals surface area (Å²) in [6, 6.07) is 19.1. The summed E-state index contributed by atoms with van der Waals surface area (Å²) in [7, 11) is 1.64. The van der Waals surface area contributed by atoms with Gasteiger partial charge >= 0.3 is 0 Å². The van der Waals surface area contributed by atoms with Crippen molar-refractivity contribution in [3.8, 4) is 17.1 Å². The third-order valence-corrected chi connectivity index (χ3v) is 5.71. The predicted octanol–water partition coefficient (Wildman–Crippen LogP) is 4.68. The van der Waals surface area contributed by atoms with Gasteiger partial charge in [0.2, 0.25) is 0 Å². The van der Waals surface area contributed by atoms with Crippen LogP contribution in [-0.4, -0.2) is 39.4 Å². The average Bonchev–Trinajstić information content (AvgIpc) is 3.33. The number of likely N-dealkylation sites (tertiary alicyclic amines) is 1. The number of fused-ring (bicyclic) bond motifs is 1. The zero-order chi connectivity index (χ0) is 21.2. The fraction of sp³-hybridized carbons (Fsp3) is 0.200. The van der Waals surface area contributed by atoms with E-state index in [9.17, 15) is 4.79 Å². The van der Waals surface area contributed by atoms with E-state index in [1.165, 1.54) is 0 Å². The summed E-state index contributed by atoms with van der Waals surface area (Å²) in [5.74, 6) is 1.41. The minimum Gasteiger partial charge on any atom is -0.497 e. The number of amides is 1. The maximum atomic E-state index is 13.4. The van der Waals surface area contributed by atoms with Gasteiger partial charge in [0, 0.05) is 35.5 Å². The van der Waals surface area contributed by atoms with Gasteiger partial charge in [0.05, 0.1) is 24.4 Å². The second-order valence-corrected chi connectivity index (χ2v) is 7.60. The second-order valence-electron chi connectivity index (χ2n) is 7.60. The van der Waals surface area contributed by atoms with Gasteiger partial charge in [-0.3, -0.25) is 9.78 Å². The lowest BCUT2D eigenvalue weighted by Crippen LogP contribution is -2.31. The van der Waals surface area contributed by atoms with Crippen molar-refractivity contribution in [2.24, 2.45) is 0 Å². The van der Waals surface area contributed by atoms with Gasteiger partial charge in [-0.05, 0) is 55.3 Å². The number of hydrogen-bond donors (Lipinski definition) is 0.